The summed E-state index contributed by atoms with van der Waals surface area (Å²) in [5.41, 5.74) is 2.98. The van der Waals surface area contributed by atoms with Crippen LogP contribution in [-0.2, 0) is 14.8 Å². The van der Waals surface area contributed by atoms with Crippen LogP contribution in [0.5, 0.6) is 0 Å². The van der Waals surface area contributed by atoms with E-state index in [1.807, 2.05) is 31.1 Å². The van der Waals surface area contributed by atoms with Gasteiger partial charge in [-0.1, -0.05) is 24.3 Å². The van der Waals surface area contributed by atoms with Crippen LogP contribution in [-0.4, -0.2) is 42.8 Å². The predicted octanol–water partition coefficient (Wildman–Crippen LogP) is 4.40. The number of halogens is 1. The highest BCUT2D eigenvalue weighted by molar-refractivity contribution is 7.92. The first kappa shape index (κ1) is 21.8. The van der Waals surface area contributed by atoms with Crippen molar-refractivity contribution in [1.29, 1.82) is 0 Å². The van der Waals surface area contributed by atoms with E-state index in [4.69, 9.17) is 4.74 Å². The predicted molar refractivity (Wildman–Crippen MR) is 119 cm³/mol. The molecule has 0 aliphatic rings. The second kappa shape index (κ2) is 9.28. The molecule has 0 spiro atoms. The standard InChI is InChI=1S/C23H25FN2O3S/c1-25(2)21-11-13-22(14-12-21)26(15-16-29-3)30(27,28)23-6-4-5-19(17-23)18-7-9-20(24)10-8-18/h4-14,17H,15-16H2,1-3H3. The highest BCUT2D eigenvalue weighted by atomic mass is 32.2. The molecule has 0 aromatic heterocycles. The van der Waals surface area contributed by atoms with Crippen LogP contribution in [0.15, 0.2) is 77.7 Å². The minimum atomic E-state index is -3.83. The molecule has 0 amide bonds. The number of hydrogen-bond donors (Lipinski definition) is 0. The normalized spacial score (nSPS) is 11.3. The Bertz CT molecular complexity index is 1080. The molecule has 3 aromatic rings. The molecule has 0 saturated carbocycles. The quantitative estimate of drug-likeness (QED) is 0.534. The van der Waals surface area contributed by atoms with Gasteiger partial charge in [-0.05, 0) is 59.7 Å². The van der Waals surface area contributed by atoms with Gasteiger partial charge in [-0.2, -0.15) is 0 Å². The lowest BCUT2D eigenvalue weighted by Crippen LogP contribution is -2.34. The first-order chi connectivity index (χ1) is 14.3. The van der Waals surface area contributed by atoms with Gasteiger partial charge in [0.25, 0.3) is 10.0 Å². The lowest BCUT2D eigenvalue weighted by molar-refractivity contribution is 0.208. The molecule has 5 nitrogen and oxygen atoms in total. The summed E-state index contributed by atoms with van der Waals surface area (Å²) in [6, 6.07) is 20.0. The van der Waals surface area contributed by atoms with Gasteiger partial charge in [-0.15, -0.1) is 0 Å². The maximum absolute atomic E-state index is 13.5. The molecule has 7 heteroatoms. The van der Waals surface area contributed by atoms with Gasteiger partial charge in [0.05, 0.1) is 23.7 Å². The van der Waals surface area contributed by atoms with E-state index in [2.05, 4.69) is 0 Å². The molecule has 0 unspecified atom stereocenters. The van der Waals surface area contributed by atoms with Crippen molar-refractivity contribution < 1.29 is 17.5 Å². The SMILES string of the molecule is COCCN(c1ccc(N(C)C)cc1)S(=O)(=O)c1cccc(-c2ccc(F)cc2)c1. The summed E-state index contributed by atoms with van der Waals surface area (Å²) in [7, 11) is 1.56. The Labute approximate surface area is 177 Å². The van der Waals surface area contributed by atoms with Crippen molar-refractivity contribution >= 4 is 21.4 Å². The van der Waals surface area contributed by atoms with E-state index in [9.17, 15) is 12.8 Å². The first-order valence-corrected chi connectivity index (χ1v) is 10.9. The van der Waals surface area contributed by atoms with Gasteiger partial charge in [-0.25, -0.2) is 12.8 Å². The molecule has 0 bridgehead atoms. The highest BCUT2D eigenvalue weighted by Crippen LogP contribution is 2.28. The molecule has 0 saturated heterocycles. The summed E-state index contributed by atoms with van der Waals surface area (Å²) in [5.74, 6) is -0.338. The van der Waals surface area contributed by atoms with Crippen molar-refractivity contribution in [3.05, 3.63) is 78.6 Å². The molecule has 0 aliphatic carbocycles. The summed E-state index contributed by atoms with van der Waals surface area (Å²) in [6.07, 6.45) is 0. The molecule has 0 N–H and O–H groups in total. The van der Waals surface area contributed by atoms with Crippen LogP contribution in [0.4, 0.5) is 15.8 Å². The van der Waals surface area contributed by atoms with Crippen molar-refractivity contribution in [1.82, 2.24) is 0 Å². The van der Waals surface area contributed by atoms with Crippen molar-refractivity contribution in [2.24, 2.45) is 0 Å². The van der Waals surface area contributed by atoms with Crippen molar-refractivity contribution in [3.8, 4) is 11.1 Å². The lowest BCUT2D eigenvalue weighted by Gasteiger charge is -2.25. The number of methoxy groups -OCH3 is 1. The van der Waals surface area contributed by atoms with Crippen LogP contribution in [0.3, 0.4) is 0 Å². The van der Waals surface area contributed by atoms with E-state index < -0.39 is 10.0 Å². The molecule has 0 atom stereocenters. The fourth-order valence-electron chi connectivity index (χ4n) is 3.08. The number of hydrogen-bond acceptors (Lipinski definition) is 4. The summed E-state index contributed by atoms with van der Waals surface area (Å²) >= 11 is 0. The summed E-state index contributed by atoms with van der Waals surface area (Å²) < 4.78 is 46.7. The minimum Gasteiger partial charge on any atom is -0.383 e. The van der Waals surface area contributed by atoms with Crippen molar-refractivity contribution in [3.63, 3.8) is 0 Å². The van der Waals surface area contributed by atoms with Gasteiger partial charge in [-0.3, -0.25) is 4.31 Å². The summed E-state index contributed by atoms with van der Waals surface area (Å²) in [4.78, 5) is 2.11. The number of anilines is 2. The minimum absolute atomic E-state index is 0.164. The molecular weight excluding hydrogens is 403 g/mol. The van der Waals surface area contributed by atoms with Crippen LogP contribution in [0.2, 0.25) is 0 Å². The smallest absolute Gasteiger partial charge is 0.264 e. The van der Waals surface area contributed by atoms with Gasteiger partial charge in [0.15, 0.2) is 0 Å². The van der Waals surface area contributed by atoms with Crippen LogP contribution < -0.4 is 9.21 Å². The van der Waals surface area contributed by atoms with Crippen molar-refractivity contribution in [2.45, 2.75) is 4.90 Å². The third kappa shape index (κ3) is 4.80. The number of rotatable bonds is 8. The average Bonchev–Trinajstić information content (AvgIpc) is 2.75. The first-order valence-electron chi connectivity index (χ1n) is 9.48. The number of nitrogens with zero attached hydrogens (tertiary/aromatic N) is 2. The monoisotopic (exact) mass is 428 g/mol. The van der Waals surface area contributed by atoms with E-state index in [0.717, 1.165) is 11.3 Å². The topological polar surface area (TPSA) is 49.9 Å². The second-order valence-electron chi connectivity index (χ2n) is 7.02. The molecular formula is C23H25FN2O3S. The van der Waals surface area contributed by atoms with Crippen LogP contribution >= 0.6 is 0 Å². The number of sulfonamides is 1. The molecule has 0 heterocycles. The Morgan fingerprint density at radius 2 is 1.50 bits per heavy atom. The fourth-order valence-corrected chi connectivity index (χ4v) is 4.58. The zero-order chi connectivity index (χ0) is 21.7. The summed E-state index contributed by atoms with van der Waals surface area (Å²) in [6.45, 7) is 0.438. The number of benzene rings is 3. The third-order valence-electron chi connectivity index (χ3n) is 4.75. The van der Waals surface area contributed by atoms with E-state index >= 15 is 0 Å². The average molecular weight is 429 g/mol. The molecule has 3 rings (SSSR count). The molecule has 158 valence electrons. The summed E-state index contributed by atoms with van der Waals surface area (Å²) in [5, 5.41) is 0. The molecule has 0 fully saturated rings. The Kier molecular flexibility index (Phi) is 6.74. The Hall–Kier alpha value is -2.90. The maximum atomic E-state index is 13.5. The molecule has 0 aliphatic heterocycles. The van der Waals surface area contributed by atoms with E-state index in [0.29, 0.717) is 11.3 Å². The van der Waals surface area contributed by atoms with E-state index in [-0.39, 0.29) is 23.9 Å². The molecule has 0 radical (unpaired) electrons. The van der Waals surface area contributed by atoms with Gasteiger partial charge < -0.3 is 9.64 Å². The molecule has 30 heavy (non-hydrogen) atoms. The van der Waals surface area contributed by atoms with E-state index in [1.54, 1.807) is 48.5 Å². The van der Waals surface area contributed by atoms with Crippen molar-refractivity contribution in [2.75, 3.05) is 43.6 Å². The zero-order valence-corrected chi connectivity index (χ0v) is 18.1. The van der Waals surface area contributed by atoms with Gasteiger partial charge >= 0.3 is 0 Å². The largest absolute Gasteiger partial charge is 0.383 e. The van der Waals surface area contributed by atoms with Gasteiger partial charge in [0, 0.05) is 26.9 Å². The molecule has 3 aromatic carbocycles. The third-order valence-corrected chi connectivity index (χ3v) is 6.58. The van der Waals surface area contributed by atoms with Crippen LogP contribution in [0, 0.1) is 5.82 Å². The fraction of sp³-hybridized carbons (Fsp3) is 0.217. The lowest BCUT2D eigenvalue weighted by atomic mass is 10.1. The second-order valence-corrected chi connectivity index (χ2v) is 8.88. The van der Waals surface area contributed by atoms with Crippen LogP contribution in [0.25, 0.3) is 11.1 Å². The van der Waals surface area contributed by atoms with Gasteiger partial charge in [0.2, 0.25) is 0 Å². The Balaban J connectivity index is 2.00. The zero-order valence-electron chi connectivity index (χ0n) is 17.2. The number of ether oxygens (including phenoxy) is 1. The Morgan fingerprint density at radius 1 is 0.867 bits per heavy atom. The highest BCUT2D eigenvalue weighted by Gasteiger charge is 2.25. The van der Waals surface area contributed by atoms with E-state index in [1.165, 1.54) is 23.5 Å². The Morgan fingerprint density at radius 3 is 2.10 bits per heavy atom. The van der Waals surface area contributed by atoms with Crippen LogP contribution in [0.1, 0.15) is 0 Å². The maximum Gasteiger partial charge on any atom is 0.264 e. The van der Waals surface area contributed by atoms with Gasteiger partial charge in [0.1, 0.15) is 5.82 Å².